The molecule has 0 spiro atoms. The summed E-state index contributed by atoms with van der Waals surface area (Å²) in [4.78, 5) is 0. The summed E-state index contributed by atoms with van der Waals surface area (Å²) >= 11 is 0. The first-order chi connectivity index (χ1) is 9.45. The Bertz CT molecular complexity index is 594. The molecule has 0 radical (unpaired) electrons. The van der Waals surface area contributed by atoms with Crippen molar-refractivity contribution in [2.24, 2.45) is 0 Å². The first-order valence-corrected chi connectivity index (χ1v) is 6.31. The molecule has 0 aliphatic rings. The maximum atomic E-state index is 13.6. The molecule has 3 nitrogen and oxygen atoms in total. The Morgan fingerprint density at radius 2 is 1.70 bits per heavy atom. The second-order valence-electron chi connectivity index (χ2n) is 4.84. The quantitative estimate of drug-likeness (QED) is 0.834. The molecular formula is C15H16BFO3. The van der Waals surface area contributed by atoms with E-state index >= 15 is 0 Å². The van der Waals surface area contributed by atoms with Crippen LogP contribution in [0.1, 0.15) is 16.7 Å². The Balaban J connectivity index is 2.09. The van der Waals surface area contributed by atoms with Gasteiger partial charge >= 0.3 is 7.12 Å². The molecule has 0 aromatic heterocycles. The number of hydrogen-bond acceptors (Lipinski definition) is 3. The molecule has 0 aliphatic heterocycles. The molecule has 2 aromatic rings. The Hall–Kier alpha value is -1.85. The number of rotatable bonds is 4. The summed E-state index contributed by atoms with van der Waals surface area (Å²) in [5.41, 5.74) is 3.14. The van der Waals surface area contributed by atoms with Gasteiger partial charge in [0.1, 0.15) is 18.2 Å². The van der Waals surface area contributed by atoms with Crippen molar-refractivity contribution in [2.75, 3.05) is 0 Å². The summed E-state index contributed by atoms with van der Waals surface area (Å²) in [5, 5.41) is 17.9. The zero-order valence-electron chi connectivity index (χ0n) is 11.4. The van der Waals surface area contributed by atoms with E-state index in [0.717, 1.165) is 22.8 Å². The van der Waals surface area contributed by atoms with Gasteiger partial charge in [0.15, 0.2) is 0 Å². The summed E-state index contributed by atoms with van der Waals surface area (Å²) in [6.07, 6.45) is 0. The van der Waals surface area contributed by atoms with Crippen LogP contribution in [0.3, 0.4) is 0 Å². The van der Waals surface area contributed by atoms with E-state index in [2.05, 4.69) is 6.07 Å². The van der Waals surface area contributed by atoms with Gasteiger partial charge in [0, 0.05) is 11.5 Å². The molecule has 0 aliphatic carbocycles. The number of hydrogen-bond donors (Lipinski definition) is 2. The van der Waals surface area contributed by atoms with Crippen molar-refractivity contribution in [2.45, 2.75) is 20.5 Å². The van der Waals surface area contributed by atoms with E-state index in [1.54, 1.807) is 0 Å². The van der Waals surface area contributed by atoms with E-state index in [1.807, 2.05) is 26.0 Å². The minimum Gasteiger partial charge on any atom is -0.489 e. The smallest absolute Gasteiger partial charge is 0.489 e. The van der Waals surface area contributed by atoms with Crippen molar-refractivity contribution in [3.8, 4) is 5.75 Å². The fourth-order valence-electron chi connectivity index (χ4n) is 2.13. The normalized spacial score (nSPS) is 10.4. The summed E-state index contributed by atoms with van der Waals surface area (Å²) in [6.45, 7) is 4.35. The van der Waals surface area contributed by atoms with Crippen LogP contribution in [0.2, 0.25) is 0 Å². The first kappa shape index (κ1) is 14.6. The molecule has 2 aromatic carbocycles. The zero-order valence-corrected chi connectivity index (χ0v) is 11.4. The van der Waals surface area contributed by atoms with Crippen molar-refractivity contribution < 1.29 is 19.2 Å². The molecule has 0 fully saturated rings. The van der Waals surface area contributed by atoms with Crippen molar-refractivity contribution in [1.82, 2.24) is 0 Å². The molecule has 0 amide bonds. The molecule has 0 atom stereocenters. The van der Waals surface area contributed by atoms with E-state index in [1.165, 1.54) is 12.1 Å². The van der Waals surface area contributed by atoms with Crippen LogP contribution in [0.5, 0.6) is 5.75 Å². The van der Waals surface area contributed by atoms with Gasteiger partial charge in [-0.25, -0.2) is 4.39 Å². The average Bonchev–Trinajstić information content (AvgIpc) is 2.35. The topological polar surface area (TPSA) is 49.7 Å². The third kappa shape index (κ3) is 3.59. The number of benzene rings is 2. The molecule has 2 N–H and O–H groups in total. The molecule has 0 saturated carbocycles. The van der Waals surface area contributed by atoms with E-state index in [0.29, 0.717) is 12.4 Å². The van der Waals surface area contributed by atoms with Gasteiger partial charge in [-0.3, -0.25) is 0 Å². The third-order valence-electron chi connectivity index (χ3n) is 2.94. The maximum Gasteiger partial charge on any atom is 0.491 e. The van der Waals surface area contributed by atoms with Crippen molar-refractivity contribution in [1.29, 1.82) is 0 Å². The molecule has 0 bridgehead atoms. The molecule has 0 unspecified atom stereocenters. The molecule has 0 heterocycles. The summed E-state index contributed by atoms with van der Waals surface area (Å²) in [5.74, 6) is -0.344. The lowest BCUT2D eigenvalue weighted by Crippen LogP contribution is -2.32. The highest BCUT2D eigenvalue weighted by Gasteiger charge is 2.16. The van der Waals surface area contributed by atoms with Gasteiger partial charge in [-0.05, 0) is 25.5 Å². The lowest BCUT2D eigenvalue weighted by molar-refractivity contribution is 0.304. The van der Waals surface area contributed by atoms with Crippen LogP contribution in [0.15, 0.2) is 36.4 Å². The SMILES string of the molecule is Cc1cc(C)cc(COc2ccc(B(O)O)c(F)c2)c1. The van der Waals surface area contributed by atoms with Crippen molar-refractivity contribution >= 4 is 12.6 Å². The Morgan fingerprint density at radius 3 is 2.25 bits per heavy atom. The van der Waals surface area contributed by atoms with Crippen LogP contribution in [-0.2, 0) is 6.61 Å². The molecular weight excluding hydrogens is 258 g/mol. The van der Waals surface area contributed by atoms with Crippen LogP contribution in [-0.4, -0.2) is 17.2 Å². The van der Waals surface area contributed by atoms with E-state index in [9.17, 15) is 4.39 Å². The zero-order chi connectivity index (χ0) is 14.7. The lowest BCUT2D eigenvalue weighted by atomic mass is 9.80. The average molecular weight is 274 g/mol. The molecule has 20 heavy (non-hydrogen) atoms. The molecule has 5 heteroatoms. The van der Waals surface area contributed by atoms with Gasteiger partial charge in [0.2, 0.25) is 0 Å². The van der Waals surface area contributed by atoms with E-state index < -0.39 is 12.9 Å². The van der Waals surface area contributed by atoms with Gasteiger partial charge in [-0.1, -0.05) is 35.4 Å². The lowest BCUT2D eigenvalue weighted by Gasteiger charge is -2.09. The van der Waals surface area contributed by atoms with Gasteiger partial charge < -0.3 is 14.8 Å². The predicted octanol–water partition coefficient (Wildman–Crippen LogP) is 1.70. The number of aryl methyl sites for hydroxylation is 2. The third-order valence-corrected chi connectivity index (χ3v) is 2.94. The molecule has 0 saturated heterocycles. The molecule has 104 valence electrons. The van der Waals surface area contributed by atoms with Crippen molar-refractivity contribution in [3.63, 3.8) is 0 Å². The summed E-state index contributed by atoms with van der Waals surface area (Å²) < 4.78 is 19.1. The Kier molecular flexibility index (Phi) is 4.42. The van der Waals surface area contributed by atoms with Crippen LogP contribution in [0, 0.1) is 19.7 Å². The summed E-state index contributed by atoms with van der Waals surface area (Å²) in [6, 6.07) is 10.1. The second-order valence-corrected chi connectivity index (χ2v) is 4.84. The van der Waals surface area contributed by atoms with Gasteiger partial charge in [-0.2, -0.15) is 0 Å². The van der Waals surface area contributed by atoms with Gasteiger partial charge in [-0.15, -0.1) is 0 Å². The van der Waals surface area contributed by atoms with Gasteiger partial charge in [0.25, 0.3) is 0 Å². The van der Waals surface area contributed by atoms with E-state index in [-0.39, 0.29) is 5.46 Å². The highest BCUT2D eigenvalue weighted by atomic mass is 19.1. The second kappa shape index (κ2) is 6.07. The van der Waals surface area contributed by atoms with E-state index in [4.69, 9.17) is 14.8 Å². The van der Waals surface area contributed by atoms with Gasteiger partial charge in [0.05, 0.1) is 0 Å². The van der Waals surface area contributed by atoms with Crippen LogP contribution in [0.4, 0.5) is 4.39 Å². The monoisotopic (exact) mass is 274 g/mol. The van der Waals surface area contributed by atoms with Crippen LogP contribution in [0.25, 0.3) is 0 Å². The minimum atomic E-state index is -1.82. The molecule has 2 rings (SSSR count). The highest BCUT2D eigenvalue weighted by molar-refractivity contribution is 6.58. The highest BCUT2D eigenvalue weighted by Crippen LogP contribution is 2.15. The fraction of sp³-hybridized carbons (Fsp3) is 0.200. The summed E-state index contributed by atoms with van der Waals surface area (Å²) in [7, 11) is -1.82. The number of ether oxygens (including phenoxy) is 1. The Morgan fingerprint density at radius 1 is 1.05 bits per heavy atom. The van der Waals surface area contributed by atoms with Crippen molar-refractivity contribution in [3.05, 3.63) is 58.9 Å². The first-order valence-electron chi connectivity index (χ1n) is 6.31. The minimum absolute atomic E-state index is 0.163. The Labute approximate surface area is 117 Å². The van der Waals surface area contributed by atoms with Crippen LogP contribution < -0.4 is 10.2 Å². The maximum absolute atomic E-state index is 13.6. The van der Waals surface area contributed by atoms with Crippen LogP contribution >= 0.6 is 0 Å². The standard InChI is InChI=1S/C15H16BFO3/c1-10-5-11(2)7-12(6-10)9-20-13-3-4-14(16(18)19)15(17)8-13/h3-8,18-19H,9H2,1-2H3. The number of halogens is 1. The fourth-order valence-corrected chi connectivity index (χ4v) is 2.13. The predicted molar refractivity (Wildman–Crippen MR) is 76.5 cm³/mol. The largest absolute Gasteiger partial charge is 0.491 e.